The number of rotatable bonds is 6. The first kappa shape index (κ1) is 29.7. The highest BCUT2D eigenvalue weighted by atomic mass is 16.7. The quantitative estimate of drug-likeness (QED) is 0.105. The number of esters is 2. The topological polar surface area (TPSA) is 152 Å². The number of ether oxygens (including phenoxy) is 4. The molecule has 0 saturated heterocycles. The first-order chi connectivity index (χ1) is 20.3. The fourth-order valence-electron chi connectivity index (χ4n) is 5.52. The minimum atomic E-state index is -1.91. The lowest BCUT2D eigenvalue weighted by atomic mass is 9.85. The molecule has 0 amide bonds. The molecular weight excluding hydrogens is 558 g/mol. The summed E-state index contributed by atoms with van der Waals surface area (Å²) in [7, 11) is 0. The van der Waals surface area contributed by atoms with Gasteiger partial charge in [0.05, 0.1) is 29.0 Å². The van der Waals surface area contributed by atoms with Gasteiger partial charge >= 0.3 is 18.1 Å². The Hall–Kier alpha value is -4.83. The van der Waals surface area contributed by atoms with Crippen LogP contribution in [0.2, 0.25) is 0 Å². The normalized spacial score (nSPS) is 17.6. The standard InChI is InChI=1S/C31H31N3O9/c1-7-18-19-11-17(41-29(39)43-30(4,5)6)9-10-23(19)33-25-20(18)13-34-24(25)12-22-21(26(34)36)14-40-28(38)31(22,8-2)42-27(37)16(3)32-15-35/h9-12,16H,7-8,13-14H2,1-6H3/t16?,31-/m0/s1. The summed E-state index contributed by atoms with van der Waals surface area (Å²) in [5.41, 5.74) is 0.735. The molecule has 2 atom stereocenters. The third-order valence-corrected chi connectivity index (χ3v) is 7.55. The molecule has 0 N–H and O–H groups in total. The first-order valence-electron chi connectivity index (χ1n) is 13.9. The Morgan fingerprint density at radius 2 is 1.93 bits per heavy atom. The summed E-state index contributed by atoms with van der Waals surface area (Å²) in [5.74, 6) is -1.46. The van der Waals surface area contributed by atoms with Gasteiger partial charge in [-0.05, 0) is 70.4 Å². The summed E-state index contributed by atoms with van der Waals surface area (Å²) in [5, 5.41) is 0.757. The summed E-state index contributed by atoms with van der Waals surface area (Å²) in [6.07, 6.45) is 1.05. The van der Waals surface area contributed by atoms with E-state index in [1.54, 1.807) is 56.5 Å². The van der Waals surface area contributed by atoms with Gasteiger partial charge in [0.25, 0.3) is 5.56 Å². The van der Waals surface area contributed by atoms with E-state index in [1.807, 2.05) is 6.92 Å². The number of aryl methyl sites for hydroxylation is 1. The van der Waals surface area contributed by atoms with Crippen LogP contribution < -0.4 is 10.3 Å². The molecule has 0 fully saturated rings. The molecule has 0 radical (unpaired) electrons. The molecule has 43 heavy (non-hydrogen) atoms. The van der Waals surface area contributed by atoms with Crippen molar-refractivity contribution in [3.8, 4) is 17.1 Å². The van der Waals surface area contributed by atoms with Crippen LogP contribution >= 0.6 is 0 Å². The van der Waals surface area contributed by atoms with E-state index in [9.17, 15) is 24.0 Å². The number of fused-ring (bicyclic) bond motifs is 5. The van der Waals surface area contributed by atoms with Crippen molar-refractivity contribution in [2.75, 3.05) is 0 Å². The zero-order valence-corrected chi connectivity index (χ0v) is 24.7. The molecule has 12 heteroatoms. The second-order valence-electron chi connectivity index (χ2n) is 11.4. The van der Waals surface area contributed by atoms with Crippen molar-refractivity contribution in [2.45, 2.75) is 84.8 Å². The molecule has 2 aromatic heterocycles. The van der Waals surface area contributed by atoms with Gasteiger partial charge in [0.1, 0.15) is 18.0 Å². The van der Waals surface area contributed by atoms with Gasteiger partial charge in [0, 0.05) is 16.5 Å². The molecule has 5 rings (SSSR count). The van der Waals surface area contributed by atoms with Gasteiger partial charge in [0.15, 0.2) is 6.04 Å². The molecule has 0 saturated carbocycles. The van der Waals surface area contributed by atoms with Crippen LogP contribution in [0.15, 0.2) is 34.1 Å². The maximum Gasteiger partial charge on any atom is 0.514 e. The Balaban J connectivity index is 1.63. The molecule has 4 heterocycles. The van der Waals surface area contributed by atoms with Crippen molar-refractivity contribution in [2.24, 2.45) is 4.99 Å². The molecule has 1 unspecified atom stereocenters. The van der Waals surface area contributed by atoms with E-state index in [4.69, 9.17) is 23.9 Å². The van der Waals surface area contributed by atoms with Gasteiger partial charge in [-0.1, -0.05) is 13.8 Å². The SMILES string of the molecule is CCc1c2c(nc3ccc(OC(=O)OC(C)(C)C)cc13)-c1cc3c(c(=O)n1C2)COC(=O)[C@@]3(CC)OC(=O)C(C)N=C=O. The van der Waals surface area contributed by atoms with Crippen molar-refractivity contribution in [1.29, 1.82) is 0 Å². The zero-order chi connectivity index (χ0) is 31.3. The van der Waals surface area contributed by atoms with E-state index in [0.29, 0.717) is 29.1 Å². The lowest BCUT2D eigenvalue weighted by molar-refractivity contribution is -0.190. The minimum Gasteiger partial charge on any atom is -0.457 e. The summed E-state index contributed by atoms with van der Waals surface area (Å²) in [4.78, 5) is 71.0. The lowest BCUT2D eigenvalue weighted by Gasteiger charge is -2.36. The second kappa shape index (κ2) is 10.8. The molecule has 2 aliphatic heterocycles. The summed E-state index contributed by atoms with van der Waals surface area (Å²) in [6.45, 7) is 10.1. The number of benzene rings is 1. The number of hydrogen-bond acceptors (Lipinski definition) is 11. The number of nitrogens with zero attached hydrogens (tertiary/aromatic N) is 3. The summed E-state index contributed by atoms with van der Waals surface area (Å²) < 4.78 is 23.3. The molecule has 1 aromatic carbocycles. The Morgan fingerprint density at radius 3 is 2.58 bits per heavy atom. The van der Waals surface area contributed by atoms with Crippen LogP contribution in [-0.2, 0) is 53.8 Å². The maximum atomic E-state index is 13.9. The average Bonchev–Trinajstić information content (AvgIpc) is 3.31. The smallest absolute Gasteiger partial charge is 0.457 e. The molecule has 12 nitrogen and oxygen atoms in total. The molecule has 224 valence electrons. The van der Waals surface area contributed by atoms with Crippen LogP contribution in [0.5, 0.6) is 5.75 Å². The second-order valence-corrected chi connectivity index (χ2v) is 11.4. The maximum absolute atomic E-state index is 13.9. The Bertz CT molecular complexity index is 1800. The Kier molecular flexibility index (Phi) is 7.43. The molecule has 0 bridgehead atoms. The largest absolute Gasteiger partial charge is 0.514 e. The molecule has 0 aliphatic carbocycles. The van der Waals surface area contributed by atoms with Gasteiger partial charge in [-0.25, -0.2) is 24.2 Å². The van der Waals surface area contributed by atoms with Crippen LogP contribution in [0.25, 0.3) is 22.3 Å². The number of cyclic esters (lactones) is 1. The molecule has 3 aromatic rings. The first-order valence-corrected chi connectivity index (χ1v) is 13.9. The van der Waals surface area contributed by atoms with E-state index in [0.717, 1.165) is 16.5 Å². The number of pyridine rings is 2. The number of aromatic nitrogens is 2. The molecule has 2 aliphatic rings. The van der Waals surface area contributed by atoms with Gasteiger partial charge in [-0.3, -0.25) is 4.79 Å². The van der Waals surface area contributed by atoms with E-state index in [2.05, 4.69) is 4.99 Å². The molecule has 0 spiro atoms. The monoisotopic (exact) mass is 589 g/mol. The average molecular weight is 590 g/mol. The fraction of sp³-hybridized carbons (Fsp3) is 0.419. The highest BCUT2D eigenvalue weighted by Crippen LogP contribution is 2.42. The number of carbonyl (C=O) groups excluding carboxylic acids is 4. The molecular formula is C31H31N3O9. The van der Waals surface area contributed by atoms with Crippen LogP contribution in [0, 0.1) is 0 Å². The van der Waals surface area contributed by atoms with Gasteiger partial charge in [0.2, 0.25) is 11.7 Å². The summed E-state index contributed by atoms with van der Waals surface area (Å²) in [6, 6.07) is 5.50. The minimum absolute atomic E-state index is 0.0242. The van der Waals surface area contributed by atoms with Crippen molar-refractivity contribution >= 4 is 35.1 Å². The third-order valence-electron chi connectivity index (χ3n) is 7.55. The lowest BCUT2D eigenvalue weighted by Crippen LogP contribution is -2.48. The number of hydrogen-bond donors (Lipinski definition) is 0. The van der Waals surface area contributed by atoms with Gasteiger partial charge in [-0.2, -0.15) is 4.99 Å². The Morgan fingerprint density at radius 1 is 1.19 bits per heavy atom. The van der Waals surface area contributed by atoms with Crippen molar-refractivity contribution in [1.82, 2.24) is 9.55 Å². The van der Waals surface area contributed by atoms with E-state index in [1.165, 1.54) is 13.0 Å². The van der Waals surface area contributed by atoms with Crippen molar-refractivity contribution in [3.63, 3.8) is 0 Å². The van der Waals surface area contributed by atoms with Gasteiger partial charge < -0.3 is 23.5 Å². The van der Waals surface area contributed by atoms with E-state index >= 15 is 0 Å². The van der Waals surface area contributed by atoms with Crippen LogP contribution in [0.3, 0.4) is 0 Å². The predicted molar refractivity (Wildman–Crippen MR) is 152 cm³/mol. The van der Waals surface area contributed by atoms with Crippen LogP contribution in [0.4, 0.5) is 4.79 Å². The van der Waals surface area contributed by atoms with Crippen molar-refractivity contribution < 1.29 is 38.1 Å². The van der Waals surface area contributed by atoms with E-state index in [-0.39, 0.29) is 30.7 Å². The van der Waals surface area contributed by atoms with Crippen LogP contribution in [0.1, 0.15) is 70.2 Å². The number of carbonyl (C=O) groups is 3. The van der Waals surface area contributed by atoms with Gasteiger partial charge in [-0.15, -0.1) is 0 Å². The number of isocyanates is 1. The highest BCUT2D eigenvalue weighted by molar-refractivity contribution is 5.91. The summed E-state index contributed by atoms with van der Waals surface area (Å²) >= 11 is 0. The van der Waals surface area contributed by atoms with E-state index < -0.39 is 40.9 Å². The highest BCUT2D eigenvalue weighted by Gasteiger charge is 2.51. The Labute approximate surface area is 246 Å². The predicted octanol–water partition coefficient (Wildman–Crippen LogP) is 4.23. The van der Waals surface area contributed by atoms with Crippen molar-refractivity contribution in [3.05, 3.63) is 56.9 Å². The zero-order valence-electron chi connectivity index (χ0n) is 24.7. The third kappa shape index (κ3) is 5.08. The van der Waals surface area contributed by atoms with Crippen LogP contribution in [-0.4, -0.2) is 45.4 Å². The number of aliphatic imine (C=N–C) groups is 1. The fourth-order valence-corrected chi connectivity index (χ4v) is 5.52.